The highest BCUT2D eigenvalue weighted by atomic mass is 16.5. The lowest BCUT2D eigenvalue weighted by Crippen LogP contribution is -2.35. The average Bonchev–Trinajstić information content (AvgIpc) is 3.35. The summed E-state index contributed by atoms with van der Waals surface area (Å²) in [6.45, 7) is 0.790. The van der Waals surface area contributed by atoms with Crippen molar-refractivity contribution >= 4 is 0 Å². The monoisotopic (exact) mass is 279 g/mol. The Labute approximate surface area is 125 Å². The molecule has 2 N–H and O–H groups in total. The Morgan fingerprint density at radius 2 is 1.76 bits per heavy atom. The van der Waals surface area contributed by atoms with Crippen LogP contribution in [-0.4, -0.2) is 12.6 Å². The van der Waals surface area contributed by atoms with Gasteiger partial charge < -0.3 is 10.5 Å². The van der Waals surface area contributed by atoms with E-state index in [0.29, 0.717) is 11.8 Å². The molecule has 0 radical (unpaired) electrons. The van der Waals surface area contributed by atoms with E-state index in [9.17, 15) is 0 Å². The predicted octanol–water partition coefficient (Wildman–Crippen LogP) is 3.43. The summed E-state index contributed by atoms with van der Waals surface area (Å²) in [5.41, 5.74) is 10.7. The van der Waals surface area contributed by atoms with E-state index in [4.69, 9.17) is 10.5 Å². The molecule has 2 aliphatic rings. The van der Waals surface area contributed by atoms with Gasteiger partial charge in [-0.15, -0.1) is 0 Å². The van der Waals surface area contributed by atoms with E-state index in [1.54, 1.807) is 0 Å². The van der Waals surface area contributed by atoms with Crippen LogP contribution in [-0.2, 0) is 11.2 Å². The molecular formula is C19H21NO. The van der Waals surface area contributed by atoms with Crippen molar-refractivity contribution in [3.63, 3.8) is 0 Å². The Kier molecular flexibility index (Phi) is 3.28. The van der Waals surface area contributed by atoms with Crippen LogP contribution in [0.25, 0.3) is 0 Å². The van der Waals surface area contributed by atoms with Gasteiger partial charge in [0.05, 0.1) is 12.7 Å². The fourth-order valence-electron chi connectivity index (χ4n) is 3.69. The number of hydrogen-bond donors (Lipinski definition) is 1. The average molecular weight is 279 g/mol. The second-order valence-corrected chi connectivity index (χ2v) is 6.23. The molecule has 1 saturated carbocycles. The van der Waals surface area contributed by atoms with Crippen LogP contribution >= 0.6 is 0 Å². The predicted molar refractivity (Wildman–Crippen MR) is 84.1 cm³/mol. The van der Waals surface area contributed by atoms with Gasteiger partial charge in [0.25, 0.3) is 0 Å². The molecule has 0 saturated heterocycles. The van der Waals surface area contributed by atoms with Crippen LogP contribution in [0.3, 0.4) is 0 Å². The number of nitrogens with two attached hydrogens (primary N) is 1. The molecular weight excluding hydrogens is 258 g/mol. The van der Waals surface area contributed by atoms with E-state index in [1.165, 1.54) is 23.1 Å². The molecule has 2 aromatic rings. The van der Waals surface area contributed by atoms with Crippen LogP contribution < -0.4 is 5.73 Å². The van der Waals surface area contributed by atoms with Gasteiger partial charge in [0.15, 0.2) is 0 Å². The summed E-state index contributed by atoms with van der Waals surface area (Å²) in [4.78, 5) is 0. The quantitative estimate of drug-likeness (QED) is 0.934. The molecule has 4 unspecified atom stereocenters. The Hall–Kier alpha value is -1.64. The minimum atomic E-state index is 0.0636. The van der Waals surface area contributed by atoms with E-state index < -0.39 is 0 Å². The van der Waals surface area contributed by atoms with Gasteiger partial charge in [-0.2, -0.15) is 0 Å². The van der Waals surface area contributed by atoms with Crippen molar-refractivity contribution in [1.29, 1.82) is 0 Å². The van der Waals surface area contributed by atoms with Gasteiger partial charge in [-0.05, 0) is 41.4 Å². The molecule has 0 amide bonds. The summed E-state index contributed by atoms with van der Waals surface area (Å²) in [6, 6.07) is 19.4. The maximum Gasteiger partial charge on any atom is 0.0981 e. The largest absolute Gasteiger partial charge is 0.372 e. The van der Waals surface area contributed by atoms with Crippen LogP contribution in [0.1, 0.15) is 35.1 Å². The van der Waals surface area contributed by atoms with E-state index in [1.807, 2.05) is 0 Å². The molecule has 0 bridgehead atoms. The van der Waals surface area contributed by atoms with E-state index in [-0.39, 0.29) is 12.1 Å². The standard InChI is InChI=1S/C19H21NO/c20-18(17-12-16(17)13-6-2-1-3-7-13)19-15-9-5-4-8-14(15)10-11-21-19/h1-9,16-19H,10-12,20H2. The van der Waals surface area contributed by atoms with Crippen LogP contribution in [0.4, 0.5) is 0 Å². The maximum absolute atomic E-state index is 6.57. The van der Waals surface area contributed by atoms with Gasteiger partial charge in [0.2, 0.25) is 0 Å². The first-order valence-electron chi connectivity index (χ1n) is 7.84. The fourth-order valence-corrected chi connectivity index (χ4v) is 3.69. The van der Waals surface area contributed by atoms with E-state index in [2.05, 4.69) is 54.6 Å². The molecule has 1 heterocycles. The number of ether oxygens (including phenoxy) is 1. The van der Waals surface area contributed by atoms with Crippen molar-refractivity contribution in [1.82, 2.24) is 0 Å². The molecule has 1 fully saturated rings. The molecule has 0 spiro atoms. The van der Waals surface area contributed by atoms with Crippen LogP contribution in [0.2, 0.25) is 0 Å². The lowest BCUT2D eigenvalue weighted by molar-refractivity contribution is 0.0192. The Bertz CT molecular complexity index is 624. The SMILES string of the molecule is NC(C1OCCc2ccccc21)C1CC1c1ccccc1. The van der Waals surface area contributed by atoms with Gasteiger partial charge >= 0.3 is 0 Å². The molecule has 21 heavy (non-hydrogen) atoms. The molecule has 2 heteroatoms. The number of fused-ring (bicyclic) bond motifs is 1. The van der Waals surface area contributed by atoms with Crippen molar-refractivity contribution < 1.29 is 4.74 Å². The summed E-state index contributed by atoms with van der Waals surface area (Å²) in [5.74, 6) is 1.16. The van der Waals surface area contributed by atoms with Gasteiger partial charge in [-0.1, -0.05) is 54.6 Å². The first kappa shape index (κ1) is 13.1. The van der Waals surface area contributed by atoms with Crippen LogP contribution in [0.15, 0.2) is 54.6 Å². The highest BCUT2D eigenvalue weighted by Gasteiger charge is 2.46. The number of hydrogen-bond acceptors (Lipinski definition) is 2. The molecule has 2 nitrogen and oxygen atoms in total. The van der Waals surface area contributed by atoms with Crippen LogP contribution in [0.5, 0.6) is 0 Å². The summed E-state index contributed by atoms with van der Waals surface area (Å²) in [5, 5.41) is 0. The molecule has 108 valence electrons. The third kappa shape index (κ3) is 2.39. The van der Waals surface area contributed by atoms with E-state index >= 15 is 0 Å². The van der Waals surface area contributed by atoms with Crippen molar-refractivity contribution in [2.75, 3.05) is 6.61 Å². The van der Waals surface area contributed by atoms with Crippen LogP contribution in [0, 0.1) is 5.92 Å². The second kappa shape index (κ2) is 5.28. The topological polar surface area (TPSA) is 35.2 Å². The summed E-state index contributed by atoms with van der Waals surface area (Å²) >= 11 is 0. The second-order valence-electron chi connectivity index (χ2n) is 6.23. The fraction of sp³-hybridized carbons (Fsp3) is 0.368. The molecule has 1 aliphatic heterocycles. The minimum absolute atomic E-state index is 0.0636. The third-order valence-electron chi connectivity index (χ3n) is 4.94. The van der Waals surface area contributed by atoms with Crippen molar-refractivity contribution in [3.05, 3.63) is 71.3 Å². The first-order chi connectivity index (χ1) is 10.3. The number of rotatable bonds is 3. The maximum atomic E-state index is 6.57. The van der Waals surface area contributed by atoms with Gasteiger partial charge in [0.1, 0.15) is 0 Å². The number of benzene rings is 2. The normalized spacial score (nSPS) is 28.7. The lowest BCUT2D eigenvalue weighted by atomic mass is 9.90. The van der Waals surface area contributed by atoms with Gasteiger partial charge in [-0.3, -0.25) is 0 Å². The Morgan fingerprint density at radius 3 is 2.62 bits per heavy atom. The zero-order valence-electron chi connectivity index (χ0n) is 12.1. The molecule has 1 aliphatic carbocycles. The molecule has 0 aromatic heterocycles. The minimum Gasteiger partial charge on any atom is -0.372 e. The molecule has 2 aromatic carbocycles. The zero-order valence-corrected chi connectivity index (χ0v) is 12.1. The molecule has 4 rings (SSSR count). The first-order valence-corrected chi connectivity index (χ1v) is 7.84. The van der Waals surface area contributed by atoms with Crippen molar-refractivity contribution in [3.8, 4) is 0 Å². The Morgan fingerprint density at radius 1 is 1.00 bits per heavy atom. The van der Waals surface area contributed by atoms with Gasteiger partial charge in [0, 0.05) is 6.04 Å². The third-order valence-corrected chi connectivity index (χ3v) is 4.94. The van der Waals surface area contributed by atoms with Gasteiger partial charge in [-0.25, -0.2) is 0 Å². The zero-order chi connectivity index (χ0) is 14.2. The van der Waals surface area contributed by atoms with Crippen molar-refractivity contribution in [2.45, 2.75) is 30.9 Å². The molecule has 4 atom stereocenters. The summed E-state index contributed by atoms with van der Waals surface area (Å²) in [7, 11) is 0. The van der Waals surface area contributed by atoms with Crippen molar-refractivity contribution in [2.24, 2.45) is 11.7 Å². The summed E-state index contributed by atoms with van der Waals surface area (Å²) < 4.78 is 6.03. The summed E-state index contributed by atoms with van der Waals surface area (Å²) in [6.07, 6.45) is 2.26. The highest BCUT2D eigenvalue weighted by Crippen LogP contribution is 2.52. The van der Waals surface area contributed by atoms with E-state index in [0.717, 1.165) is 13.0 Å². The Balaban J connectivity index is 1.54. The lowest BCUT2D eigenvalue weighted by Gasteiger charge is -2.30. The highest BCUT2D eigenvalue weighted by molar-refractivity contribution is 5.34. The smallest absolute Gasteiger partial charge is 0.0981 e.